The van der Waals surface area contributed by atoms with Crippen molar-refractivity contribution in [3.05, 3.63) is 105 Å². The zero-order valence-electron chi connectivity index (χ0n) is 24.5. The summed E-state index contributed by atoms with van der Waals surface area (Å²) >= 11 is 0.904. The van der Waals surface area contributed by atoms with Crippen molar-refractivity contribution in [3.63, 3.8) is 0 Å². The van der Waals surface area contributed by atoms with E-state index in [0.29, 0.717) is 23.6 Å². The van der Waals surface area contributed by atoms with Gasteiger partial charge in [-0.25, -0.2) is 9.78 Å². The number of aromatic nitrogens is 1. The van der Waals surface area contributed by atoms with Crippen LogP contribution in [0.1, 0.15) is 50.6 Å². The fraction of sp³-hybridized carbons (Fsp3) is 0.212. The third-order valence-electron chi connectivity index (χ3n) is 7.03. The van der Waals surface area contributed by atoms with Gasteiger partial charge in [0, 0.05) is 5.56 Å². The third-order valence-corrected chi connectivity index (χ3v) is 8.17. The molecule has 11 heteroatoms. The third kappa shape index (κ3) is 5.86. The first-order valence-electron chi connectivity index (χ1n) is 13.7. The van der Waals surface area contributed by atoms with Crippen molar-refractivity contribution in [3.8, 4) is 17.2 Å². The van der Waals surface area contributed by atoms with Crippen molar-refractivity contribution < 1.29 is 38.8 Å². The summed E-state index contributed by atoms with van der Waals surface area (Å²) < 4.78 is 16.3. The van der Waals surface area contributed by atoms with Gasteiger partial charge in [0.15, 0.2) is 16.6 Å². The molecule has 1 saturated heterocycles. The van der Waals surface area contributed by atoms with Crippen molar-refractivity contribution >= 4 is 39.9 Å². The molecule has 1 aromatic heterocycles. The minimum Gasteiger partial charge on any atom is -0.507 e. The fourth-order valence-corrected chi connectivity index (χ4v) is 5.90. The van der Waals surface area contributed by atoms with Gasteiger partial charge in [-0.2, -0.15) is 0 Å². The number of hydrogen-bond donors (Lipinski definition) is 2. The Hall–Kier alpha value is -5.16. The van der Waals surface area contributed by atoms with Crippen molar-refractivity contribution in [2.45, 2.75) is 33.4 Å². The number of Topliss-reactive ketones (excluding diaryl/α,β-unsaturated/α-hetero) is 1. The average Bonchev–Trinajstić information content (AvgIpc) is 3.52. The van der Waals surface area contributed by atoms with Crippen LogP contribution in [0.3, 0.4) is 0 Å². The summed E-state index contributed by atoms with van der Waals surface area (Å²) in [5.41, 5.74) is 2.90. The number of carbonyl (C=O) groups excluding carboxylic acids is 3. The molecule has 226 valence electrons. The van der Waals surface area contributed by atoms with Gasteiger partial charge in [0.25, 0.3) is 5.78 Å². The number of aliphatic hydroxyl groups is 1. The number of phenols is 1. The number of aryl methyl sites for hydroxylation is 2. The Kier molecular flexibility index (Phi) is 8.68. The van der Waals surface area contributed by atoms with E-state index in [2.05, 4.69) is 4.98 Å². The van der Waals surface area contributed by atoms with E-state index in [1.54, 1.807) is 38.1 Å². The van der Waals surface area contributed by atoms with Gasteiger partial charge < -0.3 is 24.4 Å². The van der Waals surface area contributed by atoms with E-state index in [0.717, 1.165) is 27.4 Å². The molecule has 2 N–H and O–H groups in total. The summed E-state index contributed by atoms with van der Waals surface area (Å²) in [6.45, 7) is 5.78. The topological polar surface area (TPSA) is 135 Å². The highest BCUT2D eigenvalue weighted by Crippen LogP contribution is 2.45. The van der Waals surface area contributed by atoms with Crippen LogP contribution in [-0.2, 0) is 20.9 Å². The van der Waals surface area contributed by atoms with Crippen molar-refractivity contribution in [2.24, 2.45) is 0 Å². The number of methoxy groups -OCH3 is 1. The standard InChI is InChI=1S/C33H30N2O8S/c1-5-42-32(40)30-19(3)34-33(44-30)35-27(22-11-14-24(36)25(16-22)41-4)26(29(38)31(35)39)28(37)21-9-12-23(13-10-21)43-17-20-8-6-7-18(2)15-20/h6-16,27,36-37H,5,17H2,1-4H3. The lowest BCUT2D eigenvalue weighted by atomic mass is 9.95. The maximum Gasteiger partial charge on any atom is 0.350 e. The zero-order chi connectivity index (χ0) is 31.5. The second-order valence-corrected chi connectivity index (χ2v) is 11.0. The minimum atomic E-state index is -1.15. The second kappa shape index (κ2) is 12.6. The van der Waals surface area contributed by atoms with Crippen LogP contribution in [0.5, 0.6) is 17.2 Å². The highest BCUT2D eigenvalue weighted by Gasteiger charge is 2.48. The molecule has 5 rings (SSSR count). The lowest BCUT2D eigenvalue weighted by molar-refractivity contribution is -0.132. The predicted octanol–water partition coefficient (Wildman–Crippen LogP) is 5.86. The van der Waals surface area contributed by atoms with Gasteiger partial charge in [-0.3, -0.25) is 14.5 Å². The molecular formula is C33H30N2O8S. The van der Waals surface area contributed by atoms with Crippen molar-refractivity contribution in [1.29, 1.82) is 0 Å². The summed E-state index contributed by atoms with van der Waals surface area (Å²) in [4.78, 5) is 45.4. The first-order chi connectivity index (χ1) is 21.1. The molecule has 0 bridgehead atoms. The lowest BCUT2D eigenvalue weighted by Crippen LogP contribution is -2.29. The number of hydrogen-bond acceptors (Lipinski definition) is 10. The van der Waals surface area contributed by atoms with Gasteiger partial charge in [0.1, 0.15) is 23.0 Å². The summed E-state index contributed by atoms with van der Waals surface area (Å²) in [6.07, 6.45) is 0. The summed E-state index contributed by atoms with van der Waals surface area (Å²) in [7, 11) is 1.37. The number of phenolic OH excluding ortho intramolecular Hbond substituents is 1. The molecule has 1 aliphatic heterocycles. The number of ketones is 1. The van der Waals surface area contributed by atoms with E-state index in [-0.39, 0.29) is 39.3 Å². The number of esters is 1. The van der Waals surface area contributed by atoms with E-state index < -0.39 is 29.5 Å². The number of aromatic hydroxyl groups is 1. The normalized spacial score (nSPS) is 15.8. The number of nitrogens with zero attached hydrogens (tertiary/aromatic N) is 2. The van der Waals surface area contributed by atoms with Gasteiger partial charge in [-0.15, -0.1) is 0 Å². The zero-order valence-corrected chi connectivity index (χ0v) is 25.3. The maximum absolute atomic E-state index is 13.6. The molecule has 4 aromatic rings. The van der Waals surface area contributed by atoms with Crippen LogP contribution in [0.15, 0.2) is 72.3 Å². The van der Waals surface area contributed by atoms with Gasteiger partial charge >= 0.3 is 11.9 Å². The molecule has 1 unspecified atom stereocenters. The fourth-order valence-electron chi connectivity index (χ4n) is 4.91. The molecule has 0 spiro atoms. The number of thiazole rings is 1. The van der Waals surface area contributed by atoms with E-state index >= 15 is 0 Å². The van der Waals surface area contributed by atoms with Crippen LogP contribution >= 0.6 is 11.3 Å². The Morgan fingerprint density at radius 2 is 1.80 bits per heavy atom. The summed E-state index contributed by atoms with van der Waals surface area (Å²) in [6, 6.07) is 17.7. The molecule has 0 radical (unpaired) electrons. The molecule has 0 aliphatic carbocycles. The number of anilines is 1. The Morgan fingerprint density at radius 3 is 2.48 bits per heavy atom. The van der Waals surface area contributed by atoms with Crippen LogP contribution in [0.2, 0.25) is 0 Å². The molecule has 0 saturated carbocycles. The number of benzene rings is 3. The van der Waals surface area contributed by atoms with Crippen LogP contribution < -0.4 is 14.4 Å². The van der Waals surface area contributed by atoms with Crippen LogP contribution in [0.25, 0.3) is 5.76 Å². The van der Waals surface area contributed by atoms with Gasteiger partial charge in [0.2, 0.25) is 0 Å². The van der Waals surface area contributed by atoms with E-state index in [9.17, 15) is 24.6 Å². The van der Waals surface area contributed by atoms with Crippen LogP contribution in [0.4, 0.5) is 5.13 Å². The Balaban J connectivity index is 1.56. The molecule has 44 heavy (non-hydrogen) atoms. The van der Waals surface area contributed by atoms with Gasteiger partial charge in [-0.05, 0) is 68.3 Å². The maximum atomic E-state index is 13.6. The number of ether oxygens (including phenoxy) is 3. The molecule has 1 atom stereocenters. The first kappa shape index (κ1) is 30.3. The summed E-state index contributed by atoms with van der Waals surface area (Å²) in [5, 5.41) is 21.8. The van der Waals surface area contributed by atoms with Gasteiger partial charge in [-0.1, -0.05) is 47.2 Å². The second-order valence-electron chi connectivity index (χ2n) is 10.0. The molecule has 2 heterocycles. The molecule has 10 nitrogen and oxygen atoms in total. The Labute approximate surface area is 257 Å². The highest BCUT2D eigenvalue weighted by molar-refractivity contribution is 7.17. The minimum absolute atomic E-state index is 0.0728. The van der Waals surface area contributed by atoms with E-state index in [4.69, 9.17) is 14.2 Å². The lowest BCUT2D eigenvalue weighted by Gasteiger charge is -2.23. The predicted molar refractivity (Wildman–Crippen MR) is 164 cm³/mol. The van der Waals surface area contributed by atoms with Gasteiger partial charge in [0.05, 0.1) is 31.0 Å². The smallest absolute Gasteiger partial charge is 0.350 e. The number of carbonyl (C=O) groups is 3. The van der Waals surface area contributed by atoms with Crippen molar-refractivity contribution in [1.82, 2.24) is 4.98 Å². The molecule has 1 amide bonds. The summed E-state index contributed by atoms with van der Waals surface area (Å²) in [5.74, 6) is -2.39. The quantitative estimate of drug-likeness (QED) is 0.103. The number of amides is 1. The number of rotatable bonds is 9. The first-order valence-corrected chi connectivity index (χ1v) is 14.6. The average molecular weight is 615 g/mol. The number of aliphatic hydroxyl groups excluding tert-OH is 1. The van der Waals surface area contributed by atoms with Crippen LogP contribution in [0, 0.1) is 13.8 Å². The largest absolute Gasteiger partial charge is 0.507 e. The Morgan fingerprint density at radius 1 is 1.05 bits per heavy atom. The van der Waals surface area contributed by atoms with E-state index in [1.165, 1.54) is 25.3 Å². The van der Waals surface area contributed by atoms with Crippen molar-refractivity contribution in [2.75, 3.05) is 18.6 Å². The van der Waals surface area contributed by atoms with Crippen LogP contribution in [-0.4, -0.2) is 46.6 Å². The molecule has 1 aliphatic rings. The molecular weight excluding hydrogens is 584 g/mol. The Bertz CT molecular complexity index is 1780. The molecule has 3 aromatic carbocycles. The molecule has 1 fully saturated rings. The highest BCUT2D eigenvalue weighted by atomic mass is 32.1. The van der Waals surface area contributed by atoms with E-state index in [1.807, 2.05) is 31.2 Å². The monoisotopic (exact) mass is 614 g/mol. The SMILES string of the molecule is CCOC(=O)c1sc(N2C(=O)C(=O)C(=C(O)c3ccc(OCc4cccc(C)c4)cc3)C2c2ccc(O)c(OC)c2)nc1C.